The number of phenols is 1. The molecule has 0 aliphatic rings. The molecule has 0 spiro atoms. The Balaban J connectivity index is 2.37. The maximum atomic E-state index is 12.7. The van der Waals surface area contributed by atoms with Crippen molar-refractivity contribution in [1.29, 1.82) is 5.26 Å². The maximum absolute atomic E-state index is 12.7. The number of rotatable bonds is 3. The number of benzene rings is 1. The minimum absolute atomic E-state index is 0.0624. The molecule has 0 saturated heterocycles. The third-order valence-corrected chi connectivity index (χ3v) is 2.76. The van der Waals surface area contributed by atoms with Crippen molar-refractivity contribution in [3.05, 3.63) is 34.7 Å². The van der Waals surface area contributed by atoms with Gasteiger partial charge in [-0.1, -0.05) is 11.6 Å². The smallest absolute Gasteiger partial charge is 0.416 e. The number of phenolic OH excluding ortho intramolecular Hbond substituents is 1. The van der Waals surface area contributed by atoms with Gasteiger partial charge in [-0.05, 0) is 17.3 Å². The van der Waals surface area contributed by atoms with Crippen molar-refractivity contribution in [3.8, 4) is 11.8 Å². The summed E-state index contributed by atoms with van der Waals surface area (Å²) in [6.45, 7) is 0. The fourth-order valence-electron chi connectivity index (χ4n) is 1.45. The van der Waals surface area contributed by atoms with Crippen LogP contribution in [0.4, 0.5) is 18.9 Å². The Hall–Kier alpha value is -2.80. The molecule has 0 amide bonds. The van der Waals surface area contributed by atoms with Crippen LogP contribution in [-0.4, -0.2) is 25.7 Å². The van der Waals surface area contributed by atoms with Gasteiger partial charge in [0.05, 0.1) is 16.3 Å². The van der Waals surface area contributed by atoms with Crippen molar-refractivity contribution in [2.24, 2.45) is 0 Å². The minimum Gasteiger partial charge on any atom is -0.504 e. The van der Waals surface area contributed by atoms with Crippen LogP contribution < -0.4 is 5.32 Å². The molecule has 0 unspecified atom stereocenters. The van der Waals surface area contributed by atoms with Gasteiger partial charge in [-0.2, -0.15) is 23.6 Å². The molecule has 0 bridgehead atoms. The highest BCUT2D eigenvalue weighted by molar-refractivity contribution is 6.32. The fraction of sp³-hybridized carbons (Fsp3) is 0.0909. The summed E-state index contributed by atoms with van der Waals surface area (Å²) in [5.74, 6) is -0.649. The number of nitrogens with zero attached hydrogens (tertiary/aromatic N) is 4. The topological polar surface area (TPSA) is 111 Å². The van der Waals surface area contributed by atoms with Gasteiger partial charge in [0.15, 0.2) is 5.75 Å². The number of hydrogen-bond acceptors (Lipinski definition) is 6. The van der Waals surface area contributed by atoms with E-state index in [4.69, 9.17) is 16.9 Å². The van der Waals surface area contributed by atoms with Crippen molar-refractivity contribution < 1.29 is 18.3 Å². The monoisotopic (exact) mass is 330 g/mol. The van der Waals surface area contributed by atoms with Crippen molar-refractivity contribution in [1.82, 2.24) is 20.6 Å². The van der Waals surface area contributed by atoms with Gasteiger partial charge in [-0.3, -0.25) is 0 Å². The third-order valence-electron chi connectivity index (χ3n) is 2.47. The number of H-pyrrole nitrogens is 1. The van der Waals surface area contributed by atoms with E-state index in [1.807, 2.05) is 0 Å². The van der Waals surface area contributed by atoms with E-state index in [0.717, 1.165) is 6.20 Å². The van der Waals surface area contributed by atoms with Gasteiger partial charge >= 0.3 is 6.18 Å². The molecule has 0 saturated carbocycles. The van der Waals surface area contributed by atoms with Gasteiger partial charge in [-0.25, -0.2) is 0 Å². The molecular weight excluding hydrogens is 325 g/mol. The molecule has 2 aromatic rings. The summed E-state index contributed by atoms with van der Waals surface area (Å²) in [7, 11) is 0. The lowest BCUT2D eigenvalue weighted by atomic mass is 10.1. The van der Waals surface area contributed by atoms with Crippen molar-refractivity contribution in [3.63, 3.8) is 0 Å². The Labute approximate surface area is 126 Å². The molecule has 3 N–H and O–H groups in total. The molecule has 1 heterocycles. The molecule has 114 valence electrons. The van der Waals surface area contributed by atoms with Crippen LogP contribution in [0, 0.1) is 11.3 Å². The molecule has 7 nitrogen and oxygen atoms in total. The predicted molar refractivity (Wildman–Crippen MR) is 69.5 cm³/mol. The lowest BCUT2D eigenvalue weighted by Crippen LogP contribution is -2.06. The van der Waals surface area contributed by atoms with Gasteiger partial charge < -0.3 is 10.4 Å². The second-order valence-corrected chi connectivity index (χ2v) is 4.31. The van der Waals surface area contributed by atoms with Gasteiger partial charge in [0.1, 0.15) is 11.6 Å². The van der Waals surface area contributed by atoms with E-state index in [-0.39, 0.29) is 17.1 Å². The summed E-state index contributed by atoms with van der Waals surface area (Å²) in [6, 6.07) is 2.98. The zero-order valence-corrected chi connectivity index (χ0v) is 11.2. The number of aromatic nitrogens is 4. The first-order valence-corrected chi connectivity index (χ1v) is 5.91. The molecule has 0 atom stereocenters. The highest BCUT2D eigenvalue weighted by atomic mass is 35.5. The van der Waals surface area contributed by atoms with Gasteiger partial charge in [0.2, 0.25) is 5.82 Å². The summed E-state index contributed by atoms with van der Waals surface area (Å²) in [6.07, 6.45) is -3.61. The number of tetrazole rings is 1. The average molecular weight is 331 g/mol. The van der Waals surface area contributed by atoms with Gasteiger partial charge in [0.25, 0.3) is 0 Å². The highest BCUT2D eigenvalue weighted by Gasteiger charge is 2.32. The second-order valence-electron chi connectivity index (χ2n) is 3.90. The largest absolute Gasteiger partial charge is 0.504 e. The van der Waals surface area contributed by atoms with E-state index in [1.54, 1.807) is 6.07 Å². The van der Waals surface area contributed by atoms with E-state index >= 15 is 0 Å². The molecule has 0 fully saturated rings. The number of allylic oxidation sites excluding steroid dienone is 1. The quantitative estimate of drug-likeness (QED) is 0.589. The molecule has 22 heavy (non-hydrogen) atoms. The van der Waals surface area contributed by atoms with Crippen LogP contribution in [0.3, 0.4) is 0 Å². The first kappa shape index (κ1) is 15.6. The molecule has 11 heteroatoms. The van der Waals surface area contributed by atoms with Gasteiger partial charge in [0, 0.05) is 6.20 Å². The number of nitriles is 1. The Kier molecular flexibility index (Phi) is 4.18. The Morgan fingerprint density at radius 3 is 2.73 bits per heavy atom. The van der Waals surface area contributed by atoms with Crippen LogP contribution in [0.5, 0.6) is 5.75 Å². The number of halogens is 4. The van der Waals surface area contributed by atoms with Crippen LogP contribution in [0.25, 0.3) is 5.57 Å². The normalized spacial score (nSPS) is 12.0. The Morgan fingerprint density at radius 2 is 2.18 bits per heavy atom. The van der Waals surface area contributed by atoms with Crippen molar-refractivity contribution in [2.45, 2.75) is 6.18 Å². The van der Waals surface area contributed by atoms with E-state index < -0.39 is 22.5 Å². The van der Waals surface area contributed by atoms with Crippen LogP contribution in [0.1, 0.15) is 11.4 Å². The molecule has 2 rings (SSSR count). The van der Waals surface area contributed by atoms with Crippen molar-refractivity contribution >= 4 is 22.9 Å². The number of aromatic amines is 1. The second kappa shape index (κ2) is 5.90. The number of aromatic hydroxyl groups is 1. The Morgan fingerprint density at radius 1 is 1.45 bits per heavy atom. The average Bonchev–Trinajstić information content (AvgIpc) is 2.96. The lowest BCUT2D eigenvalue weighted by Gasteiger charge is -2.12. The third kappa shape index (κ3) is 3.26. The number of anilines is 1. The molecule has 0 aliphatic carbocycles. The van der Waals surface area contributed by atoms with Crippen LogP contribution >= 0.6 is 11.6 Å². The molecular formula is C11H6ClF3N6O. The first-order chi connectivity index (χ1) is 10.3. The van der Waals surface area contributed by atoms with E-state index in [9.17, 15) is 18.3 Å². The number of alkyl halides is 3. The van der Waals surface area contributed by atoms with Crippen LogP contribution in [0.15, 0.2) is 18.3 Å². The summed E-state index contributed by atoms with van der Waals surface area (Å²) >= 11 is 5.56. The summed E-state index contributed by atoms with van der Waals surface area (Å²) in [4.78, 5) is 0. The highest BCUT2D eigenvalue weighted by Crippen LogP contribution is 2.39. The SMILES string of the molecule is N#CC(=CNc1cc(C(F)(F)F)cc(Cl)c1O)c1nn[nH]n1. The first-order valence-electron chi connectivity index (χ1n) is 5.53. The Bertz CT molecular complexity index is 750. The molecule has 0 radical (unpaired) electrons. The minimum atomic E-state index is -4.64. The van der Waals surface area contributed by atoms with E-state index in [2.05, 4.69) is 25.9 Å². The predicted octanol–water partition coefficient (Wildman–Crippen LogP) is 2.55. The fourth-order valence-corrected chi connectivity index (χ4v) is 1.66. The summed E-state index contributed by atoms with van der Waals surface area (Å²) in [5, 5.41) is 33.0. The summed E-state index contributed by atoms with van der Waals surface area (Å²) < 4.78 is 38.1. The van der Waals surface area contributed by atoms with Crippen LogP contribution in [0.2, 0.25) is 5.02 Å². The molecule has 1 aromatic heterocycles. The maximum Gasteiger partial charge on any atom is 0.416 e. The number of nitrogens with one attached hydrogen (secondary N) is 2. The van der Waals surface area contributed by atoms with E-state index in [1.165, 1.54) is 0 Å². The standard InChI is InChI=1S/C11H6ClF3N6O/c12-7-1-6(11(13,14)15)2-8(9(7)22)17-4-5(3-16)10-18-20-21-19-10/h1-2,4,17,22H,(H,18,19,20,21). The zero-order valence-electron chi connectivity index (χ0n) is 10.5. The lowest BCUT2D eigenvalue weighted by molar-refractivity contribution is -0.137. The molecule has 1 aromatic carbocycles. The number of hydrogen-bond donors (Lipinski definition) is 3. The zero-order chi connectivity index (χ0) is 16.3. The van der Waals surface area contributed by atoms with E-state index in [0.29, 0.717) is 12.1 Å². The van der Waals surface area contributed by atoms with Crippen molar-refractivity contribution in [2.75, 3.05) is 5.32 Å². The summed E-state index contributed by atoms with van der Waals surface area (Å²) in [5.41, 5.74) is -1.48. The van der Waals surface area contributed by atoms with Gasteiger partial charge in [-0.15, -0.1) is 10.2 Å². The van der Waals surface area contributed by atoms with Crippen LogP contribution in [-0.2, 0) is 6.18 Å². The molecule has 0 aliphatic heterocycles.